The molecule has 1 aliphatic rings. The third-order valence-electron chi connectivity index (χ3n) is 5.89. The van der Waals surface area contributed by atoms with Crippen LogP contribution in [0.3, 0.4) is 0 Å². The van der Waals surface area contributed by atoms with Crippen LogP contribution in [-0.4, -0.2) is 28.9 Å². The van der Waals surface area contributed by atoms with Gasteiger partial charge in [0.25, 0.3) is 11.7 Å². The normalized spacial score (nSPS) is 17.4. The minimum atomic E-state index is -0.900. The number of hydrogen-bond donors (Lipinski definition) is 1. The van der Waals surface area contributed by atoms with E-state index in [1.165, 1.54) is 18.1 Å². The molecule has 0 bridgehead atoms. The van der Waals surface area contributed by atoms with Crippen LogP contribution in [0.1, 0.15) is 17.2 Å². The van der Waals surface area contributed by atoms with Crippen molar-refractivity contribution in [3.63, 3.8) is 0 Å². The van der Waals surface area contributed by atoms with Gasteiger partial charge in [0.1, 0.15) is 11.5 Å². The zero-order valence-corrected chi connectivity index (χ0v) is 18.9. The summed E-state index contributed by atoms with van der Waals surface area (Å²) in [4.78, 5) is 32.5. The van der Waals surface area contributed by atoms with Crippen LogP contribution in [0.4, 0.5) is 5.69 Å². The number of anilines is 1. The number of pyridine rings is 1. The maximum absolute atomic E-state index is 13.5. The van der Waals surface area contributed by atoms with Gasteiger partial charge >= 0.3 is 0 Å². The highest BCUT2D eigenvalue weighted by molar-refractivity contribution is 6.52. The molecule has 34 heavy (non-hydrogen) atoms. The van der Waals surface area contributed by atoms with Gasteiger partial charge < -0.3 is 9.84 Å². The van der Waals surface area contributed by atoms with Crippen LogP contribution in [0.15, 0.2) is 90.8 Å². The van der Waals surface area contributed by atoms with Crippen LogP contribution in [0.2, 0.25) is 5.02 Å². The topological polar surface area (TPSA) is 79.7 Å². The van der Waals surface area contributed by atoms with E-state index in [-0.39, 0.29) is 16.9 Å². The lowest BCUT2D eigenvalue weighted by Gasteiger charge is -2.26. The second-order valence-electron chi connectivity index (χ2n) is 7.80. The first-order valence-corrected chi connectivity index (χ1v) is 10.9. The van der Waals surface area contributed by atoms with Crippen LogP contribution in [0.25, 0.3) is 16.5 Å². The summed E-state index contributed by atoms with van der Waals surface area (Å²) >= 11 is 6.17. The number of aliphatic hydroxyl groups is 1. The number of benzene rings is 3. The number of ketones is 1. The van der Waals surface area contributed by atoms with Crippen LogP contribution < -0.4 is 9.64 Å². The third-order valence-corrected chi connectivity index (χ3v) is 6.12. The van der Waals surface area contributed by atoms with Crippen molar-refractivity contribution in [1.82, 2.24) is 4.98 Å². The lowest BCUT2D eigenvalue weighted by molar-refractivity contribution is -0.132. The minimum absolute atomic E-state index is 0.0634. The summed E-state index contributed by atoms with van der Waals surface area (Å²) in [6.07, 6.45) is 3.19. The molecule has 1 saturated heterocycles. The Morgan fingerprint density at radius 2 is 1.82 bits per heavy atom. The Bertz CT molecular complexity index is 1460. The molecular weight excluding hydrogens is 452 g/mol. The Morgan fingerprint density at radius 3 is 2.59 bits per heavy atom. The fourth-order valence-corrected chi connectivity index (χ4v) is 4.53. The van der Waals surface area contributed by atoms with Gasteiger partial charge in [-0.25, -0.2) is 0 Å². The molecule has 1 unspecified atom stereocenters. The summed E-state index contributed by atoms with van der Waals surface area (Å²) in [6.45, 7) is 0. The summed E-state index contributed by atoms with van der Waals surface area (Å²) < 4.78 is 5.38. The molecule has 0 radical (unpaired) electrons. The fourth-order valence-electron chi connectivity index (χ4n) is 4.36. The molecule has 1 fully saturated rings. The molecule has 4 aromatic rings. The van der Waals surface area contributed by atoms with Gasteiger partial charge in [0.2, 0.25) is 0 Å². The summed E-state index contributed by atoms with van der Waals surface area (Å²) in [5.41, 5.74) is 1.30. The van der Waals surface area contributed by atoms with Crippen molar-refractivity contribution in [3.05, 3.63) is 107 Å². The van der Waals surface area contributed by atoms with Crippen molar-refractivity contribution in [2.24, 2.45) is 0 Å². The molecule has 1 atom stereocenters. The van der Waals surface area contributed by atoms with E-state index in [0.29, 0.717) is 22.0 Å². The zero-order valence-electron chi connectivity index (χ0n) is 18.1. The Labute approximate surface area is 200 Å². The molecule has 1 aliphatic heterocycles. The van der Waals surface area contributed by atoms with Gasteiger partial charge in [-0.2, -0.15) is 0 Å². The summed E-state index contributed by atoms with van der Waals surface area (Å²) in [5.74, 6) is -1.59. The van der Waals surface area contributed by atoms with Crippen LogP contribution in [-0.2, 0) is 9.59 Å². The molecular formula is C27H19ClN2O4. The number of aliphatic hydroxyl groups excluding tert-OH is 1. The van der Waals surface area contributed by atoms with Crippen LogP contribution in [0.5, 0.6) is 5.75 Å². The van der Waals surface area contributed by atoms with Crippen molar-refractivity contribution in [2.75, 3.05) is 12.0 Å². The van der Waals surface area contributed by atoms with Gasteiger partial charge in [-0.3, -0.25) is 19.5 Å². The fraction of sp³-hybridized carbons (Fsp3) is 0.0741. The van der Waals surface area contributed by atoms with Crippen molar-refractivity contribution in [2.45, 2.75) is 6.04 Å². The molecule has 6 nitrogen and oxygen atoms in total. The highest BCUT2D eigenvalue weighted by Gasteiger charge is 2.47. The smallest absolute Gasteiger partial charge is 0.300 e. The number of amides is 1. The predicted molar refractivity (Wildman–Crippen MR) is 131 cm³/mol. The number of carbonyl (C=O) groups is 2. The molecule has 0 spiro atoms. The van der Waals surface area contributed by atoms with Gasteiger partial charge in [0.05, 0.1) is 30.0 Å². The van der Waals surface area contributed by atoms with Crippen molar-refractivity contribution in [3.8, 4) is 5.75 Å². The Balaban J connectivity index is 1.80. The van der Waals surface area contributed by atoms with Crippen LogP contribution in [0, 0.1) is 0 Å². The number of ether oxygens (including phenoxy) is 1. The summed E-state index contributed by atoms with van der Waals surface area (Å²) in [7, 11) is 1.45. The number of aromatic nitrogens is 1. The SMILES string of the molecule is COc1ccc(Cl)cc1/C(O)=C1\C(=O)C(=O)N(c2cccc3ccccc23)C1c1cccnc1. The molecule has 168 valence electrons. The van der Waals surface area contributed by atoms with E-state index < -0.39 is 17.7 Å². The van der Waals surface area contributed by atoms with E-state index >= 15 is 0 Å². The highest BCUT2D eigenvalue weighted by Crippen LogP contribution is 2.45. The predicted octanol–water partition coefficient (Wildman–Crippen LogP) is 5.52. The second-order valence-corrected chi connectivity index (χ2v) is 8.23. The average Bonchev–Trinajstić information content (AvgIpc) is 3.14. The molecule has 1 N–H and O–H groups in total. The van der Waals surface area contributed by atoms with Gasteiger partial charge in [0.15, 0.2) is 0 Å². The van der Waals surface area contributed by atoms with E-state index in [0.717, 1.165) is 10.8 Å². The first-order valence-electron chi connectivity index (χ1n) is 10.5. The van der Waals surface area contributed by atoms with E-state index in [4.69, 9.17) is 16.3 Å². The summed E-state index contributed by atoms with van der Waals surface area (Å²) in [5, 5.41) is 13.5. The molecule has 3 aromatic carbocycles. The largest absolute Gasteiger partial charge is 0.507 e. The number of Topliss-reactive ketones (excluding diaryl/α,β-unsaturated/α-hetero) is 1. The lowest BCUT2D eigenvalue weighted by Crippen LogP contribution is -2.29. The standard InChI is InChI=1S/C27H19ClN2O4/c1-34-22-12-11-18(28)14-20(22)25(31)23-24(17-8-5-13-29-15-17)30(27(33)26(23)32)21-10-4-7-16-6-2-3-9-19(16)21/h2-15,24,31H,1H3/b25-23+. The number of rotatable bonds is 4. The van der Waals surface area contributed by atoms with Crippen molar-refractivity contribution in [1.29, 1.82) is 0 Å². The molecule has 1 amide bonds. The number of nitrogens with zero attached hydrogens (tertiary/aromatic N) is 2. The van der Waals surface area contributed by atoms with E-state index in [1.54, 1.807) is 42.7 Å². The first kappa shape index (κ1) is 21.7. The van der Waals surface area contributed by atoms with Crippen molar-refractivity contribution < 1.29 is 19.4 Å². The lowest BCUT2D eigenvalue weighted by atomic mass is 9.95. The van der Waals surface area contributed by atoms with Gasteiger partial charge in [-0.05, 0) is 41.3 Å². The average molecular weight is 471 g/mol. The van der Waals surface area contributed by atoms with E-state index in [2.05, 4.69) is 4.98 Å². The molecule has 0 aliphatic carbocycles. The molecule has 2 heterocycles. The maximum Gasteiger partial charge on any atom is 0.300 e. The number of hydrogen-bond acceptors (Lipinski definition) is 5. The van der Waals surface area contributed by atoms with Gasteiger partial charge in [0, 0.05) is 22.8 Å². The van der Waals surface area contributed by atoms with E-state index in [1.807, 2.05) is 36.4 Å². The Kier molecular flexibility index (Phi) is 5.51. The molecule has 5 rings (SSSR count). The molecule has 1 aromatic heterocycles. The van der Waals surface area contributed by atoms with Crippen LogP contribution >= 0.6 is 11.6 Å². The van der Waals surface area contributed by atoms with E-state index in [9.17, 15) is 14.7 Å². The highest BCUT2D eigenvalue weighted by atomic mass is 35.5. The van der Waals surface area contributed by atoms with Gasteiger partial charge in [-0.1, -0.05) is 54.1 Å². The molecule has 7 heteroatoms. The second kappa shape index (κ2) is 8.65. The quantitative estimate of drug-likeness (QED) is 0.241. The maximum atomic E-state index is 13.5. The third kappa shape index (κ3) is 3.49. The van der Waals surface area contributed by atoms with Crippen molar-refractivity contribution >= 4 is 45.5 Å². The number of halogens is 1. The first-order chi connectivity index (χ1) is 16.5. The van der Waals surface area contributed by atoms with Gasteiger partial charge in [-0.15, -0.1) is 0 Å². The number of carbonyl (C=O) groups excluding carboxylic acids is 2. The monoisotopic (exact) mass is 470 g/mol. The number of fused-ring (bicyclic) bond motifs is 1. The molecule has 0 saturated carbocycles. The summed E-state index contributed by atoms with van der Waals surface area (Å²) in [6, 6.07) is 20.5. The Morgan fingerprint density at radius 1 is 1.03 bits per heavy atom. The minimum Gasteiger partial charge on any atom is -0.507 e. The number of methoxy groups -OCH3 is 1. The Hall–Kier alpha value is -4.16. The zero-order chi connectivity index (χ0) is 23.8.